The van der Waals surface area contributed by atoms with E-state index >= 15 is 0 Å². The smallest absolute Gasteiger partial charge is 0.338 e. The van der Waals surface area contributed by atoms with Crippen molar-refractivity contribution in [2.45, 2.75) is 113 Å². The van der Waals surface area contributed by atoms with Gasteiger partial charge in [-0.15, -0.1) is 0 Å². The summed E-state index contributed by atoms with van der Waals surface area (Å²) in [5.41, 5.74) is 2.27. The van der Waals surface area contributed by atoms with Crippen LogP contribution in [0.1, 0.15) is 30.9 Å². The molecule has 4 aliphatic heterocycles. The highest BCUT2D eigenvalue weighted by Gasteiger charge is 2.50. The highest BCUT2D eigenvalue weighted by atomic mass is 35.5. The number of amides is 1. The fourth-order valence-corrected chi connectivity index (χ4v) is 7.86. The molecule has 22 heteroatoms. The summed E-state index contributed by atoms with van der Waals surface area (Å²) in [6, 6.07) is 12.4. The summed E-state index contributed by atoms with van der Waals surface area (Å²) in [5.74, 6) is -1.26. The maximum Gasteiger partial charge on any atom is 0.338 e. The summed E-state index contributed by atoms with van der Waals surface area (Å²) in [7, 11) is 0. The van der Waals surface area contributed by atoms with Gasteiger partial charge in [0.15, 0.2) is 36.4 Å². The van der Waals surface area contributed by atoms with Crippen molar-refractivity contribution in [1.29, 1.82) is 0 Å². The van der Waals surface area contributed by atoms with Crippen molar-refractivity contribution in [1.82, 2.24) is 0 Å². The number of aryl methyl sites for hydroxylation is 1. The van der Waals surface area contributed by atoms with Gasteiger partial charge in [-0.1, -0.05) is 42.8 Å². The number of anilines is 1. The molecule has 0 spiro atoms. The third-order valence-electron chi connectivity index (χ3n) is 9.99. The Hall–Kier alpha value is -3.33. The number of para-hydroxylation sites is 1. The van der Waals surface area contributed by atoms with E-state index in [0.29, 0.717) is 22.2 Å². The lowest BCUT2D eigenvalue weighted by Gasteiger charge is -2.43. The van der Waals surface area contributed by atoms with E-state index in [1.165, 1.54) is 11.8 Å². The number of thioether (sulfide) groups is 1. The highest BCUT2D eigenvalue weighted by Crippen LogP contribution is 2.38. The van der Waals surface area contributed by atoms with Gasteiger partial charge in [0.1, 0.15) is 73.9 Å². The van der Waals surface area contributed by atoms with Crippen LogP contribution in [0.25, 0.3) is 6.08 Å². The molecule has 0 saturated carbocycles. The van der Waals surface area contributed by atoms with Gasteiger partial charge in [0.05, 0.1) is 22.2 Å². The SMILES string of the molecule is CCCN=C1S/C(=C\c2ccc(OC[C@H](O)CO[C@H]3O[C@@H](O)[C@H](O)C[C@H]3O[C@H]3O[C@@H](COC(=O)[C@@H]4O[C@H](O)[C@@H](O)[C@H]4O)[C@@H](O)[C@H](O)[C@@H]3O)c(Cl)c2)C(=O)N1c1ccccc1C. The lowest BCUT2D eigenvalue weighted by Crippen LogP contribution is -2.61. The molecule has 20 nitrogen and oxygen atoms in total. The van der Waals surface area contributed by atoms with Gasteiger partial charge in [-0.05, 0) is 60.5 Å². The average molecular weight is 901 g/mol. The maximum atomic E-state index is 13.6. The van der Waals surface area contributed by atoms with Crippen LogP contribution in [0.3, 0.4) is 0 Å². The first kappa shape index (κ1) is 47.2. The Morgan fingerprint density at radius 3 is 2.39 bits per heavy atom. The fourth-order valence-electron chi connectivity index (χ4n) is 6.62. The van der Waals surface area contributed by atoms with E-state index in [2.05, 4.69) is 4.99 Å². The molecule has 4 fully saturated rings. The van der Waals surface area contributed by atoms with E-state index in [0.717, 1.165) is 17.7 Å². The van der Waals surface area contributed by atoms with Crippen molar-refractivity contribution in [2.24, 2.45) is 4.99 Å². The molecule has 1 amide bonds. The number of nitrogens with zero attached hydrogens (tertiary/aromatic N) is 2. The zero-order valence-electron chi connectivity index (χ0n) is 32.8. The van der Waals surface area contributed by atoms with Crippen LogP contribution in [0.4, 0.5) is 5.69 Å². The zero-order chi connectivity index (χ0) is 44.1. The summed E-state index contributed by atoms with van der Waals surface area (Å²) in [4.78, 5) is 32.7. The number of amidine groups is 1. The number of carbonyl (C=O) groups excluding carboxylic acids is 2. The Balaban J connectivity index is 1.03. The molecule has 0 unspecified atom stereocenters. The molecule has 0 aliphatic carbocycles. The van der Waals surface area contributed by atoms with Crippen molar-refractivity contribution >= 4 is 52.2 Å². The first-order chi connectivity index (χ1) is 29.1. The molecule has 0 bridgehead atoms. The summed E-state index contributed by atoms with van der Waals surface area (Å²) < 4.78 is 37.9. The minimum atomic E-state index is -1.91. The van der Waals surface area contributed by atoms with Gasteiger partial charge in [0, 0.05) is 13.0 Å². The van der Waals surface area contributed by atoms with Crippen molar-refractivity contribution in [3.05, 3.63) is 63.5 Å². The van der Waals surface area contributed by atoms with Gasteiger partial charge >= 0.3 is 5.97 Å². The van der Waals surface area contributed by atoms with Crippen molar-refractivity contribution < 1.29 is 88.7 Å². The van der Waals surface area contributed by atoms with Crippen molar-refractivity contribution in [3.8, 4) is 5.75 Å². The normalized spacial score (nSPS) is 34.9. The Morgan fingerprint density at radius 1 is 0.951 bits per heavy atom. The molecule has 61 heavy (non-hydrogen) atoms. The molecular formula is C39H49ClN2O18S. The summed E-state index contributed by atoms with van der Waals surface area (Å²) >= 11 is 7.80. The van der Waals surface area contributed by atoms with Gasteiger partial charge in [-0.25, -0.2) is 4.79 Å². The van der Waals surface area contributed by atoms with E-state index in [4.69, 9.17) is 44.8 Å². The highest BCUT2D eigenvalue weighted by molar-refractivity contribution is 8.19. The fraction of sp³-hybridized carbons (Fsp3) is 0.564. The average Bonchev–Trinajstić information content (AvgIpc) is 3.68. The molecule has 0 aromatic heterocycles. The second-order valence-corrected chi connectivity index (χ2v) is 16.1. The number of carbonyl (C=O) groups is 2. The molecule has 4 aliphatic rings. The molecular weight excluding hydrogens is 852 g/mol. The zero-order valence-corrected chi connectivity index (χ0v) is 34.4. The van der Waals surface area contributed by atoms with Crippen molar-refractivity contribution in [3.63, 3.8) is 0 Å². The Bertz CT molecular complexity index is 1910. The van der Waals surface area contributed by atoms with Crippen LogP contribution < -0.4 is 9.64 Å². The van der Waals surface area contributed by atoms with E-state index < -0.39 is 105 Å². The molecule has 6 rings (SSSR count). The second-order valence-electron chi connectivity index (χ2n) is 14.6. The molecule has 14 atom stereocenters. The standard InChI is InChI=1S/C39H49ClN2O18S/c1-3-10-41-39-42(21-7-5-4-6-17(21)2)33(50)26(61-39)12-18-8-9-23(20(40)11-18)54-14-19(43)15-56-37-24(13-22(44)34(51)60-37)57-38-31(49)28(46)27(45)25(58-38)16-55-36(53)32-29(47)30(48)35(52)59-32/h4-9,11-12,19,22,24-25,27-32,34-35,37-38,43-49,51-52H,3,10,13-16H2,1-2H3/b26-12-,41-39?/t19-,22+,24+,25-,27+,28-,29+,30-,31-,32+,34+,35-,37-,38-/m0/s1. The molecule has 4 saturated heterocycles. The molecule has 2 aromatic carbocycles. The first-order valence-corrected chi connectivity index (χ1v) is 20.6. The first-order valence-electron chi connectivity index (χ1n) is 19.4. The molecule has 0 radical (unpaired) electrons. The molecule has 9 N–H and O–H groups in total. The minimum absolute atomic E-state index is 0.184. The van der Waals surface area contributed by atoms with Crippen LogP contribution in [0.5, 0.6) is 5.75 Å². The van der Waals surface area contributed by atoms with Gasteiger partial charge < -0.3 is 79.1 Å². The lowest BCUT2D eigenvalue weighted by atomic mass is 9.99. The number of ether oxygens (including phenoxy) is 7. The Kier molecular flexibility index (Phi) is 16.2. The van der Waals surface area contributed by atoms with Gasteiger partial charge in [-0.2, -0.15) is 0 Å². The minimum Gasteiger partial charge on any atom is -0.489 e. The molecule has 4 heterocycles. The van der Waals surface area contributed by atoms with Gasteiger partial charge in [-0.3, -0.25) is 14.7 Å². The second kappa shape index (κ2) is 20.9. The third-order valence-corrected chi connectivity index (χ3v) is 11.3. The van der Waals surface area contributed by atoms with Gasteiger partial charge in [0.2, 0.25) is 0 Å². The van der Waals surface area contributed by atoms with Crippen LogP contribution in [0.2, 0.25) is 5.02 Å². The van der Waals surface area contributed by atoms with Crippen LogP contribution >= 0.6 is 23.4 Å². The van der Waals surface area contributed by atoms with Crippen LogP contribution in [0.15, 0.2) is 52.4 Å². The largest absolute Gasteiger partial charge is 0.489 e. The number of aliphatic hydroxyl groups excluding tert-OH is 9. The van der Waals surface area contributed by atoms with Crippen LogP contribution in [-0.2, 0) is 38.0 Å². The summed E-state index contributed by atoms with van der Waals surface area (Å²) in [6.45, 7) is 2.89. The maximum absolute atomic E-state index is 13.6. The number of halogens is 1. The molecule has 2 aromatic rings. The number of rotatable bonds is 15. The lowest BCUT2D eigenvalue weighted by molar-refractivity contribution is -0.367. The number of aliphatic hydroxyl groups is 9. The predicted octanol–water partition coefficient (Wildman–Crippen LogP) is -1.11. The van der Waals surface area contributed by atoms with Gasteiger partial charge in [0.25, 0.3) is 5.91 Å². The quantitative estimate of drug-likeness (QED) is 0.0757. The summed E-state index contributed by atoms with van der Waals surface area (Å²) in [5, 5.41) is 92.8. The van der Waals surface area contributed by atoms with Crippen LogP contribution in [0, 0.1) is 6.92 Å². The van der Waals surface area contributed by atoms with E-state index in [1.807, 2.05) is 38.1 Å². The monoisotopic (exact) mass is 900 g/mol. The third kappa shape index (κ3) is 11.1. The Morgan fingerprint density at radius 2 is 1.70 bits per heavy atom. The number of hydrogen-bond acceptors (Lipinski definition) is 20. The van der Waals surface area contributed by atoms with E-state index in [9.17, 15) is 55.5 Å². The van der Waals surface area contributed by atoms with E-state index in [1.54, 1.807) is 29.2 Å². The van der Waals surface area contributed by atoms with Crippen LogP contribution in [-0.4, -0.2) is 176 Å². The summed E-state index contributed by atoms with van der Waals surface area (Å²) in [6.07, 6.45) is -21.4. The topological polar surface area (TPSA) is 296 Å². The molecule has 336 valence electrons. The van der Waals surface area contributed by atoms with E-state index in [-0.39, 0.29) is 29.7 Å². The number of esters is 1. The predicted molar refractivity (Wildman–Crippen MR) is 213 cm³/mol. The van der Waals surface area contributed by atoms with Crippen molar-refractivity contribution in [2.75, 3.05) is 31.3 Å². The number of benzene rings is 2. The number of hydrogen-bond donors (Lipinski definition) is 9. The number of aliphatic imine (C=N–C) groups is 1. The Labute approximate surface area is 358 Å².